The van der Waals surface area contributed by atoms with Gasteiger partial charge in [-0.3, -0.25) is 0 Å². The van der Waals surface area contributed by atoms with Crippen molar-refractivity contribution >= 4 is 5.97 Å². The van der Waals surface area contributed by atoms with E-state index in [1.165, 1.54) is 16.7 Å². The summed E-state index contributed by atoms with van der Waals surface area (Å²) in [5, 5.41) is 0. The predicted octanol–water partition coefficient (Wildman–Crippen LogP) is 4.29. The molecule has 0 aliphatic heterocycles. The zero-order valence-electron chi connectivity index (χ0n) is 17.0. The van der Waals surface area contributed by atoms with Crippen LogP contribution in [0, 0.1) is 13.8 Å². The molecule has 2 aromatic rings. The van der Waals surface area contributed by atoms with Crippen molar-refractivity contribution in [3.05, 3.63) is 64.2 Å². The molecule has 0 fully saturated rings. The number of esters is 1. The highest BCUT2D eigenvalue weighted by Crippen LogP contribution is 2.25. The molecular weight excluding hydrogens is 338 g/mol. The quantitative estimate of drug-likeness (QED) is 0.705. The van der Waals surface area contributed by atoms with Crippen molar-refractivity contribution in [2.24, 2.45) is 5.73 Å². The predicted molar refractivity (Wildman–Crippen MR) is 109 cm³/mol. The summed E-state index contributed by atoms with van der Waals surface area (Å²) in [7, 11) is 0. The van der Waals surface area contributed by atoms with Crippen LogP contribution in [0.25, 0.3) is 0 Å². The molecule has 0 saturated heterocycles. The number of hydrogen-bond donors (Lipinski definition) is 1. The third-order valence-corrected chi connectivity index (χ3v) is 4.69. The van der Waals surface area contributed by atoms with Gasteiger partial charge in [0.15, 0.2) is 6.61 Å². The lowest BCUT2D eigenvalue weighted by molar-refractivity contribution is -0.150. The first-order valence-corrected chi connectivity index (χ1v) is 9.51. The number of hydrogen-bond acceptors (Lipinski definition) is 4. The molecule has 4 heteroatoms. The molecule has 1 atom stereocenters. The van der Waals surface area contributed by atoms with Gasteiger partial charge in [0, 0.05) is 6.54 Å². The molecule has 0 saturated carbocycles. The maximum atomic E-state index is 11.7. The van der Waals surface area contributed by atoms with Gasteiger partial charge in [-0.15, -0.1) is 0 Å². The molecule has 2 N–H and O–H groups in total. The number of rotatable bonds is 8. The number of ether oxygens (including phenoxy) is 2. The van der Waals surface area contributed by atoms with Crippen molar-refractivity contribution in [1.82, 2.24) is 0 Å². The Hall–Kier alpha value is -2.33. The molecule has 0 heterocycles. The Kier molecular flexibility index (Phi) is 7.43. The fourth-order valence-electron chi connectivity index (χ4n) is 3.03. The van der Waals surface area contributed by atoms with Crippen LogP contribution in [0.5, 0.6) is 5.75 Å². The first kappa shape index (κ1) is 21.0. The van der Waals surface area contributed by atoms with Gasteiger partial charge in [-0.05, 0) is 73.1 Å². The average Bonchev–Trinajstić information content (AvgIpc) is 2.63. The summed E-state index contributed by atoms with van der Waals surface area (Å²) in [6, 6.07) is 12.7. The van der Waals surface area contributed by atoms with Crippen LogP contribution in [0.1, 0.15) is 54.5 Å². The van der Waals surface area contributed by atoms with E-state index < -0.39 is 5.97 Å². The molecule has 2 aromatic carbocycles. The number of benzene rings is 2. The molecule has 0 radical (unpaired) electrons. The van der Waals surface area contributed by atoms with Gasteiger partial charge in [-0.1, -0.05) is 38.1 Å². The third kappa shape index (κ3) is 6.10. The first-order valence-electron chi connectivity index (χ1n) is 9.51. The van der Waals surface area contributed by atoms with Crippen LogP contribution in [0.4, 0.5) is 0 Å². The summed E-state index contributed by atoms with van der Waals surface area (Å²) in [6.45, 7) is 10.5. The van der Waals surface area contributed by atoms with Crippen molar-refractivity contribution in [3.8, 4) is 5.75 Å². The van der Waals surface area contributed by atoms with Crippen LogP contribution in [0.15, 0.2) is 36.4 Å². The summed E-state index contributed by atoms with van der Waals surface area (Å²) >= 11 is 0. The van der Waals surface area contributed by atoms with Crippen molar-refractivity contribution < 1.29 is 14.3 Å². The van der Waals surface area contributed by atoms with Crippen molar-refractivity contribution in [1.29, 1.82) is 0 Å². The molecule has 0 aliphatic carbocycles. The van der Waals surface area contributed by atoms with Gasteiger partial charge < -0.3 is 15.2 Å². The zero-order valence-corrected chi connectivity index (χ0v) is 17.0. The fraction of sp³-hybridized carbons (Fsp3) is 0.435. The molecule has 1 unspecified atom stereocenters. The number of aryl methyl sites for hydroxylation is 2. The van der Waals surface area contributed by atoms with E-state index in [1.54, 1.807) is 6.92 Å². The molecule has 4 nitrogen and oxygen atoms in total. The molecule has 0 bridgehead atoms. The van der Waals surface area contributed by atoms with E-state index in [1.807, 2.05) is 12.1 Å². The molecular formula is C23H31NO3. The van der Waals surface area contributed by atoms with Gasteiger partial charge in [-0.25, -0.2) is 4.79 Å². The highest BCUT2D eigenvalue weighted by atomic mass is 16.6. The third-order valence-electron chi connectivity index (χ3n) is 4.69. The van der Waals surface area contributed by atoms with E-state index in [-0.39, 0.29) is 12.7 Å². The summed E-state index contributed by atoms with van der Waals surface area (Å²) < 4.78 is 10.7. The SMILES string of the molecule is Cc1cc(OCC(=O)OC(C)CN)cc(C)c1Cc1cccc(C(C)C)c1. The highest BCUT2D eigenvalue weighted by Gasteiger charge is 2.11. The second-order valence-corrected chi connectivity index (χ2v) is 7.44. The molecule has 0 aliphatic rings. The second-order valence-electron chi connectivity index (χ2n) is 7.44. The van der Waals surface area contributed by atoms with E-state index >= 15 is 0 Å². The van der Waals surface area contributed by atoms with Crippen LogP contribution in [-0.4, -0.2) is 25.2 Å². The Bertz CT molecular complexity index is 760. The minimum absolute atomic E-state index is 0.112. The monoisotopic (exact) mass is 369 g/mol. The first-order chi connectivity index (χ1) is 12.8. The smallest absolute Gasteiger partial charge is 0.344 e. The molecule has 0 spiro atoms. The van der Waals surface area contributed by atoms with Crippen molar-refractivity contribution in [2.75, 3.05) is 13.2 Å². The van der Waals surface area contributed by atoms with Crippen LogP contribution in [0.2, 0.25) is 0 Å². The summed E-state index contributed by atoms with van der Waals surface area (Å²) in [5.41, 5.74) is 11.7. The van der Waals surface area contributed by atoms with Crippen molar-refractivity contribution in [2.45, 2.75) is 53.1 Å². The van der Waals surface area contributed by atoms with Crippen LogP contribution in [0.3, 0.4) is 0 Å². The normalized spacial score (nSPS) is 12.1. The number of carbonyl (C=O) groups excluding carboxylic acids is 1. The van der Waals surface area contributed by atoms with Gasteiger partial charge >= 0.3 is 5.97 Å². The Morgan fingerprint density at radius 2 is 1.74 bits per heavy atom. The largest absolute Gasteiger partial charge is 0.482 e. The highest BCUT2D eigenvalue weighted by molar-refractivity contribution is 5.71. The van der Waals surface area contributed by atoms with Crippen molar-refractivity contribution in [3.63, 3.8) is 0 Å². The topological polar surface area (TPSA) is 61.5 Å². The molecule has 0 aromatic heterocycles. The Labute approximate surface area is 162 Å². The Morgan fingerprint density at radius 3 is 2.33 bits per heavy atom. The molecule has 0 amide bonds. The maximum Gasteiger partial charge on any atom is 0.344 e. The minimum Gasteiger partial charge on any atom is -0.482 e. The Balaban J connectivity index is 2.08. The van der Waals surface area contributed by atoms with Gasteiger partial charge in [0.05, 0.1) is 0 Å². The van der Waals surface area contributed by atoms with E-state index in [9.17, 15) is 4.79 Å². The van der Waals surface area contributed by atoms with E-state index in [2.05, 4.69) is 52.0 Å². The molecule has 2 rings (SSSR count). The lowest BCUT2D eigenvalue weighted by Gasteiger charge is -2.15. The molecule has 27 heavy (non-hydrogen) atoms. The summed E-state index contributed by atoms with van der Waals surface area (Å²) in [4.78, 5) is 11.7. The fourth-order valence-corrected chi connectivity index (χ4v) is 3.03. The summed E-state index contributed by atoms with van der Waals surface area (Å²) in [5.74, 6) is 0.796. The standard InChI is InChI=1S/C23H31NO3/c1-15(2)20-8-6-7-19(11-20)12-22-16(3)9-21(10-17(22)4)26-14-23(25)27-18(5)13-24/h6-11,15,18H,12-14,24H2,1-5H3. The Morgan fingerprint density at radius 1 is 1.07 bits per heavy atom. The zero-order chi connectivity index (χ0) is 20.0. The van der Waals surface area contributed by atoms with E-state index in [0.29, 0.717) is 18.2 Å². The average molecular weight is 370 g/mol. The lowest BCUT2D eigenvalue weighted by atomic mass is 9.93. The van der Waals surface area contributed by atoms with Crippen LogP contribution >= 0.6 is 0 Å². The number of carbonyl (C=O) groups is 1. The van der Waals surface area contributed by atoms with Gasteiger partial charge in [0.1, 0.15) is 11.9 Å². The lowest BCUT2D eigenvalue weighted by Crippen LogP contribution is -2.26. The van der Waals surface area contributed by atoms with Gasteiger partial charge in [0.2, 0.25) is 0 Å². The maximum absolute atomic E-state index is 11.7. The summed E-state index contributed by atoms with van der Waals surface area (Å²) in [6.07, 6.45) is 0.586. The molecule has 146 valence electrons. The van der Waals surface area contributed by atoms with E-state index in [4.69, 9.17) is 15.2 Å². The second kappa shape index (κ2) is 9.56. The van der Waals surface area contributed by atoms with Gasteiger partial charge in [-0.2, -0.15) is 0 Å². The van der Waals surface area contributed by atoms with Crippen LogP contribution in [-0.2, 0) is 16.0 Å². The van der Waals surface area contributed by atoms with Crippen LogP contribution < -0.4 is 10.5 Å². The number of nitrogens with two attached hydrogens (primary N) is 1. The van der Waals surface area contributed by atoms with Gasteiger partial charge in [0.25, 0.3) is 0 Å². The van der Waals surface area contributed by atoms with E-state index in [0.717, 1.165) is 17.5 Å². The minimum atomic E-state index is -0.405.